The van der Waals surface area contributed by atoms with E-state index in [1.807, 2.05) is 31.2 Å². The fourth-order valence-electron chi connectivity index (χ4n) is 4.28. The maximum atomic E-state index is 13.9. The molecule has 0 radical (unpaired) electrons. The van der Waals surface area contributed by atoms with Crippen LogP contribution >= 0.6 is 23.1 Å². The molecule has 1 aliphatic heterocycles. The Morgan fingerprint density at radius 3 is 2.64 bits per heavy atom. The Kier molecular flexibility index (Phi) is 6.63. The molecule has 7 nitrogen and oxygen atoms in total. The molecule has 36 heavy (non-hydrogen) atoms. The van der Waals surface area contributed by atoms with Crippen LogP contribution in [0, 0.1) is 12.7 Å². The highest BCUT2D eigenvalue weighted by Crippen LogP contribution is 2.34. The Morgan fingerprint density at radius 1 is 1.17 bits per heavy atom. The average Bonchev–Trinajstić information content (AvgIpc) is 3.23. The number of benzene rings is 2. The number of anilines is 1. The number of hydrogen-bond donors (Lipinski definition) is 1. The first-order valence-corrected chi connectivity index (χ1v) is 13.2. The number of hydrogen-bond acceptors (Lipinski definition) is 6. The lowest BCUT2D eigenvalue weighted by Gasteiger charge is -2.25. The zero-order chi connectivity index (χ0) is 25.4. The first kappa shape index (κ1) is 24.2. The van der Waals surface area contributed by atoms with E-state index < -0.39 is 0 Å². The molecule has 0 atom stereocenters. The zero-order valence-corrected chi connectivity index (χ0v) is 21.3. The third kappa shape index (κ3) is 4.66. The molecule has 3 heterocycles. The van der Waals surface area contributed by atoms with Crippen molar-refractivity contribution in [2.24, 2.45) is 0 Å². The van der Waals surface area contributed by atoms with E-state index in [1.165, 1.54) is 47.4 Å². The van der Waals surface area contributed by atoms with E-state index in [0.717, 1.165) is 16.0 Å². The van der Waals surface area contributed by atoms with Gasteiger partial charge in [0.2, 0.25) is 11.8 Å². The van der Waals surface area contributed by atoms with Crippen LogP contribution in [0.25, 0.3) is 15.9 Å². The average molecular weight is 523 g/mol. The molecule has 0 fully saturated rings. The van der Waals surface area contributed by atoms with Crippen molar-refractivity contribution in [3.8, 4) is 5.69 Å². The Hall–Kier alpha value is -3.50. The van der Waals surface area contributed by atoms with E-state index >= 15 is 0 Å². The molecule has 0 saturated carbocycles. The van der Waals surface area contributed by atoms with Gasteiger partial charge in [0, 0.05) is 24.0 Å². The van der Waals surface area contributed by atoms with Gasteiger partial charge in [-0.05, 0) is 54.8 Å². The molecule has 4 aromatic rings. The second-order valence-electron chi connectivity index (χ2n) is 8.54. The van der Waals surface area contributed by atoms with Crippen molar-refractivity contribution in [3.63, 3.8) is 0 Å². The number of aromatic nitrogens is 2. The van der Waals surface area contributed by atoms with E-state index in [1.54, 1.807) is 16.4 Å². The summed E-state index contributed by atoms with van der Waals surface area (Å²) in [4.78, 5) is 46.6. The number of nitrogens with zero attached hydrogens (tertiary/aromatic N) is 3. The van der Waals surface area contributed by atoms with Crippen LogP contribution in [-0.4, -0.2) is 38.6 Å². The normalized spacial score (nSPS) is 13.0. The molecule has 184 valence electrons. The van der Waals surface area contributed by atoms with Crippen LogP contribution in [0.4, 0.5) is 10.1 Å². The summed E-state index contributed by atoms with van der Waals surface area (Å²) in [5.74, 6) is -0.649. The van der Waals surface area contributed by atoms with Gasteiger partial charge in [-0.2, -0.15) is 0 Å². The van der Waals surface area contributed by atoms with E-state index in [9.17, 15) is 18.8 Å². The molecule has 5 rings (SSSR count). The maximum absolute atomic E-state index is 13.9. The van der Waals surface area contributed by atoms with Crippen molar-refractivity contribution in [2.45, 2.75) is 32.0 Å². The number of nitrogens with one attached hydrogen (secondary N) is 1. The van der Waals surface area contributed by atoms with E-state index in [0.29, 0.717) is 46.3 Å². The molecule has 0 aliphatic carbocycles. The summed E-state index contributed by atoms with van der Waals surface area (Å²) in [6.45, 7) is 4.51. The lowest BCUT2D eigenvalue weighted by atomic mass is 10.1. The summed E-state index contributed by atoms with van der Waals surface area (Å²) in [7, 11) is 0. The van der Waals surface area contributed by atoms with E-state index in [-0.39, 0.29) is 28.9 Å². The molecular weight excluding hydrogens is 499 g/mol. The molecular formula is C26H23FN4O3S2. The minimum atomic E-state index is -0.382. The van der Waals surface area contributed by atoms with E-state index in [4.69, 9.17) is 4.98 Å². The highest BCUT2D eigenvalue weighted by molar-refractivity contribution is 7.99. The molecule has 2 amide bonds. The maximum Gasteiger partial charge on any atom is 0.267 e. The fourth-order valence-corrected chi connectivity index (χ4v) is 6.36. The van der Waals surface area contributed by atoms with Gasteiger partial charge in [0.25, 0.3) is 5.56 Å². The number of halogens is 1. The van der Waals surface area contributed by atoms with Gasteiger partial charge in [0.15, 0.2) is 5.16 Å². The molecule has 0 bridgehead atoms. The number of carbonyl (C=O) groups excluding carboxylic acids is 2. The Labute approximate surface area is 215 Å². The number of aryl methyl sites for hydroxylation is 1. The SMILES string of the molecule is CC(=O)N1CCc2c(sc3nc(SCC(=O)Nc4ccc(F)cc4)n(-c4ccccc4C)c(=O)c23)C1. The highest BCUT2D eigenvalue weighted by atomic mass is 32.2. The van der Waals surface area contributed by atoms with Crippen molar-refractivity contribution in [2.75, 3.05) is 17.6 Å². The van der Waals surface area contributed by atoms with Crippen molar-refractivity contribution in [3.05, 3.63) is 80.7 Å². The Bertz CT molecular complexity index is 1550. The second kappa shape index (κ2) is 9.87. The number of thiophene rings is 1. The van der Waals surface area contributed by atoms with Gasteiger partial charge in [-0.3, -0.25) is 19.0 Å². The molecule has 0 spiro atoms. The molecule has 1 N–H and O–H groups in total. The minimum Gasteiger partial charge on any atom is -0.337 e. The number of fused-ring (bicyclic) bond motifs is 3. The smallest absolute Gasteiger partial charge is 0.267 e. The fraction of sp³-hybridized carbons (Fsp3) is 0.231. The van der Waals surface area contributed by atoms with Gasteiger partial charge >= 0.3 is 0 Å². The molecule has 0 saturated heterocycles. The minimum absolute atomic E-state index is 0.00629. The number of thioether (sulfide) groups is 1. The number of para-hydroxylation sites is 1. The summed E-state index contributed by atoms with van der Waals surface area (Å²) < 4.78 is 14.7. The Morgan fingerprint density at radius 2 is 1.92 bits per heavy atom. The molecule has 2 aromatic carbocycles. The van der Waals surface area contributed by atoms with Gasteiger partial charge in [-0.25, -0.2) is 9.37 Å². The summed E-state index contributed by atoms with van der Waals surface area (Å²) in [5.41, 5.74) is 2.88. The third-order valence-electron chi connectivity index (χ3n) is 6.11. The summed E-state index contributed by atoms with van der Waals surface area (Å²) in [6, 6.07) is 13.1. The molecule has 0 unspecified atom stereocenters. The van der Waals surface area contributed by atoms with Gasteiger partial charge in [0.1, 0.15) is 10.6 Å². The monoisotopic (exact) mass is 522 g/mol. The van der Waals surface area contributed by atoms with Crippen molar-refractivity contribution in [1.82, 2.24) is 14.5 Å². The van der Waals surface area contributed by atoms with Crippen LogP contribution in [-0.2, 0) is 22.6 Å². The first-order chi connectivity index (χ1) is 17.3. The number of rotatable bonds is 5. The zero-order valence-electron chi connectivity index (χ0n) is 19.7. The standard InChI is InChI=1S/C26H23FN4O3S2/c1-15-5-3-4-6-20(15)31-25(34)23-19-11-12-30(16(2)32)13-21(19)36-24(23)29-26(31)35-14-22(33)28-18-9-7-17(27)8-10-18/h3-10H,11-14H2,1-2H3,(H,28,33). The van der Waals surface area contributed by atoms with Crippen LogP contribution < -0.4 is 10.9 Å². The van der Waals surface area contributed by atoms with Gasteiger partial charge < -0.3 is 10.2 Å². The van der Waals surface area contributed by atoms with Crippen LogP contribution in [0.2, 0.25) is 0 Å². The van der Waals surface area contributed by atoms with Gasteiger partial charge in [-0.1, -0.05) is 30.0 Å². The predicted octanol–water partition coefficient (Wildman–Crippen LogP) is 4.53. The highest BCUT2D eigenvalue weighted by Gasteiger charge is 2.27. The number of amides is 2. The first-order valence-electron chi connectivity index (χ1n) is 11.4. The lowest BCUT2D eigenvalue weighted by molar-refractivity contribution is -0.129. The summed E-state index contributed by atoms with van der Waals surface area (Å²) in [5, 5.41) is 3.74. The van der Waals surface area contributed by atoms with Crippen molar-refractivity contribution < 1.29 is 14.0 Å². The largest absolute Gasteiger partial charge is 0.337 e. The molecule has 2 aromatic heterocycles. The predicted molar refractivity (Wildman–Crippen MR) is 141 cm³/mol. The molecule has 10 heteroatoms. The molecule has 1 aliphatic rings. The van der Waals surface area contributed by atoms with Crippen LogP contribution in [0.3, 0.4) is 0 Å². The van der Waals surface area contributed by atoms with Crippen molar-refractivity contribution in [1.29, 1.82) is 0 Å². The lowest BCUT2D eigenvalue weighted by Crippen LogP contribution is -2.34. The van der Waals surface area contributed by atoms with Gasteiger partial charge in [-0.15, -0.1) is 11.3 Å². The second-order valence-corrected chi connectivity index (χ2v) is 10.6. The van der Waals surface area contributed by atoms with Crippen LogP contribution in [0.15, 0.2) is 58.5 Å². The third-order valence-corrected chi connectivity index (χ3v) is 8.15. The number of carbonyl (C=O) groups is 2. The summed E-state index contributed by atoms with van der Waals surface area (Å²) >= 11 is 2.60. The summed E-state index contributed by atoms with van der Waals surface area (Å²) in [6.07, 6.45) is 0.603. The van der Waals surface area contributed by atoms with Crippen LogP contribution in [0.1, 0.15) is 22.9 Å². The van der Waals surface area contributed by atoms with E-state index in [2.05, 4.69) is 5.32 Å². The van der Waals surface area contributed by atoms with Gasteiger partial charge in [0.05, 0.1) is 23.4 Å². The Balaban J connectivity index is 1.54. The van der Waals surface area contributed by atoms with Crippen LogP contribution in [0.5, 0.6) is 0 Å². The quantitative estimate of drug-likeness (QED) is 0.308. The topological polar surface area (TPSA) is 84.3 Å². The van der Waals surface area contributed by atoms with Crippen molar-refractivity contribution >= 4 is 50.8 Å².